The second-order valence-electron chi connectivity index (χ2n) is 4.08. The first-order chi connectivity index (χ1) is 8.91. The Kier molecular flexibility index (Phi) is 16.6. The highest BCUT2D eigenvalue weighted by Crippen LogP contribution is 1.85. The molecule has 0 aromatic rings. The minimum Gasteiger partial charge on any atom is -0.379 e. The van der Waals surface area contributed by atoms with Crippen molar-refractivity contribution in [2.45, 2.75) is 26.2 Å². The number of ether oxygens (including phenoxy) is 3. The van der Waals surface area contributed by atoms with Gasteiger partial charge in [0, 0.05) is 13.2 Å². The highest BCUT2D eigenvalue weighted by Gasteiger charge is 1.92. The van der Waals surface area contributed by atoms with Gasteiger partial charge in [0.25, 0.3) is 0 Å². The third-order valence-corrected chi connectivity index (χ3v) is 2.36. The third kappa shape index (κ3) is 15.8. The van der Waals surface area contributed by atoms with Crippen molar-refractivity contribution in [1.29, 1.82) is 0 Å². The topological polar surface area (TPSA) is 65.7 Å². The molecule has 5 nitrogen and oxygen atoms in total. The largest absolute Gasteiger partial charge is 0.379 e. The molecule has 0 aromatic heterocycles. The smallest absolute Gasteiger partial charge is 0.0701 e. The molecule has 0 spiro atoms. The van der Waals surface area contributed by atoms with Gasteiger partial charge in [0.1, 0.15) is 0 Å². The predicted octanol–water partition coefficient (Wildman–Crippen LogP) is 0.775. The summed E-state index contributed by atoms with van der Waals surface area (Å²) in [6.45, 7) is 8.83. The second kappa shape index (κ2) is 16.8. The molecule has 0 saturated heterocycles. The minimum absolute atomic E-state index is 0.565. The second-order valence-corrected chi connectivity index (χ2v) is 4.08. The lowest BCUT2D eigenvalue weighted by molar-refractivity contribution is 0.0156. The van der Waals surface area contributed by atoms with Crippen molar-refractivity contribution in [2.75, 3.05) is 59.3 Å². The zero-order chi connectivity index (χ0) is 13.3. The van der Waals surface area contributed by atoms with Crippen molar-refractivity contribution >= 4 is 0 Å². The Balaban J connectivity index is 2.86. The molecule has 0 atom stereocenters. The van der Waals surface area contributed by atoms with Crippen molar-refractivity contribution < 1.29 is 14.2 Å². The molecule has 0 fully saturated rings. The van der Waals surface area contributed by atoms with Crippen LogP contribution in [0.4, 0.5) is 0 Å². The molecule has 0 radical (unpaired) electrons. The highest BCUT2D eigenvalue weighted by atomic mass is 16.5. The maximum Gasteiger partial charge on any atom is 0.0701 e. The van der Waals surface area contributed by atoms with Crippen LogP contribution in [0, 0.1) is 0 Å². The van der Waals surface area contributed by atoms with Crippen LogP contribution in [0.5, 0.6) is 0 Å². The molecule has 0 aliphatic rings. The standard InChI is InChI=1S/C13H30N2O3/c1-2-3-6-15-7-4-8-16-10-12-18-13-11-17-9-5-14/h15H,2-14H2,1H3. The molecular weight excluding hydrogens is 232 g/mol. The van der Waals surface area contributed by atoms with Gasteiger partial charge in [0.05, 0.1) is 33.0 Å². The lowest BCUT2D eigenvalue weighted by Crippen LogP contribution is -2.18. The van der Waals surface area contributed by atoms with Gasteiger partial charge in [-0.15, -0.1) is 0 Å². The fraction of sp³-hybridized carbons (Fsp3) is 1.00. The van der Waals surface area contributed by atoms with E-state index in [1.54, 1.807) is 0 Å². The third-order valence-electron chi connectivity index (χ3n) is 2.36. The van der Waals surface area contributed by atoms with E-state index in [0.717, 1.165) is 26.1 Å². The molecule has 0 heterocycles. The number of nitrogens with two attached hydrogens (primary N) is 1. The first-order valence-corrected chi connectivity index (χ1v) is 7.05. The average molecular weight is 262 g/mol. The van der Waals surface area contributed by atoms with E-state index in [0.29, 0.717) is 39.6 Å². The molecule has 0 aliphatic heterocycles. The van der Waals surface area contributed by atoms with Crippen LogP contribution in [-0.2, 0) is 14.2 Å². The van der Waals surface area contributed by atoms with Crippen LogP contribution in [0.15, 0.2) is 0 Å². The van der Waals surface area contributed by atoms with Gasteiger partial charge in [-0.1, -0.05) is 13.3 Å². The van der Waals surface area contributed by atoms with Crippen LogP contribution in [0.3, 0.4) is 0 Å². The molecule has 0 bridgehead atoms. The Labute approximate surface area is 111 Å². The number of hydrogen-bond acceptors (Lipinski definition) is 5. The molecule has 5 heteroatoms. The first kappa shape index (κ1) is 17.8. The fourth-order valence-electron chi connectivity index (χ4n) is 1.35. The molecule has 3 N–H and O–H groups in total. The van der Waals surface area contributed by atoms with Crippen molar-refractivity contribution in [3.63, 3.8) is 0 Å². The van der Waals surface area contributed by atoms with E-state index in [-0.39, 0.29) is 0 Å². The van der Waals surface area contributed by atoms with Gasteiger partial charge in [-0.25, -0.2) is 0 Å². The van der Waals surface area contributed by atoms with E-state index in [4.69, 9.17) is 19.9 Å². The van der Waals surface area contributed by atoms with Gasteiger partial charge in [-0.3, -0.25) is 0 Å². The fourth-order valence-corrected chi connectivity index (χ4v) is 1.35. The summed E-state index contributed by atoms with van der Waals surface area (Å²) in [6.07, 6.45) is 3.56. The van der Waals surface area contributed by atoms with Crippen LogP contribution in [-0.4, -0.2) is 59.3 Å². The molecule has 18 heavy (non-hydrogen) atoms. The Morgan fingerprint density at radius 1 is 0.778 bits per heavy atom. The van der Waals surface area contributed by atoms with E-state index >= 15 is 0 Å². The maximum absolute atomic E-state index is 5.44. The van der Waals surface area contributed by atoms with Gasteiger partial charge >= 0.3 is 0 Å². The summed E-state index contributed by atoms with van der Waals surface area (Å²) in [4.78, 5) is 0. The molecule has 0 rings (SSSR count). The summed E-state index contributed by atoms with van der Waals surface area (Å²) in [5, 5.41) is 3.38. The zero-order valence-electron chi connectivity index (χ0n) is 11.8. The average Bonchev–Trinajstić information content (AvgIpc) is 2.39. The Morgan fingerprint density at radius 3 is 1.94 bits per heavy atom. The predicted molar refractivity (Wildman–Crippen MR) is 73.9 cm³/mol. The number of rotatable bonds is 15. The molecule has 0 amide bonds. The molecule has 0 saturated carbocycles. The number of nitrogens with one attached hydrogen (secondary N) is 1. The molecule has 0 aliphatic carbocycles. The summed E-state index contributed by atoms with van der Waals surface area (Å²) >= 11 is 0. The summed E-state index contributed by atoms with van der Waals surface area (Å²) < 4.78 is 16.0. The number of unbranched alkanes of at least 4 members (excludes halogenated alkanes) is 1. The number of hydrogen-bond donors (Lipinski definition) is 2. The summed E-state index contributed by atoms with van der Waals surface area (Å²) in [7, 11) is 0. The Bertz CT molecular complexity index is 132. The van der Waals surface area contributed by atoms with Crippen LogP contribution < -0.4 is 11.1 Å². The lowest BCUT2D eigenvalue weighted by Gasteiger charge is -2.07. The lowest BCUT2D eigenvalue weighted by atomic mass is 10.3. The van der Waals surface area contributed by atoms with E-state index in [1.165, 1.54) is 12.8 Å². The van der Waals surface area contributed by atoms with Crippen LogP contribution in [0.1, 0.15) is 26.2 Å². The molecular formula is C13H30N2O3. The SMILES string of the molecule is CCCCNCCCOCCOCCOCCN. The molecule has 110 valence electrons. The van der Waals surface area contributed by atoms with Gasteiger partial charge in [-0.05, 0) is 25.9 Å². The summed E-state index contributed by atoms with van der Waals surface area (Å²) in [5.74, 6) is 0. The highest BCUT2D eigenvalue weighted by molar-refractivity contribution is 4.46. The van der Waals surface area contributed by atoms with E-state index in [2.05, 4.69) is 12.2 Å². The van der Waals surface area contributed by atoms with Gasteiger partial charge in [0.15, 0.2) is 0 Å². The van der Waals surface area contributed by atoms with E-state index < -0.39 is 0 Å². The Morgan fingerprint density at radius 2 is 1.33 bits per heavy atom. The monoisotopic (exact) mass is 262 g/mol. The van der Waals surface area contributed by atoms with E-state index in [1.807, 2.05) is 0 Å². The van der Waals surface area contributed by atoms with Crippen molar-refractivity contribution in [3.8, 4) is 0 Å². The maximum atomic E-state index is 5.44. The van der Waals surface area contributed by atoms with Gasteiger partial charge in [-0.2, -0.15) is 0 Å². The molecule has 0 unspecified atom stereocenters. The zero-order valence-corrected chi connectivity index (χ0v) is 11.8. The van der Waals surface area contributed by atoms with Crippen molar-refractivity contribution in [1.82, 2.24) is 5.32 Å². The minimum atomic E-state index is 0.565. The van der Waals surface area contributed by atoms with Crippen LogP contribution in [0.2, 0.25) is 0 Å². The van der Waals surface area contributed by atoms with Crippen LogP contribution in [0.25, 0.3) is 0 Å². The summed E-state index contributed by atoms with van der Waals surface area (Å²) in [6, 6.07) is 0. The van der Waals surface area contributed by atoms with Crippen LogP contribution >= 0.6 is 0 Å². The van der Waals surface area contributed by atoms with Gasteiger partial charge in [0.2, 0.25) is 0 Å². The van der Waals surface area contributed by atoms with Gasteiger partial charge < -0.3 is 25.3 Å². The van der Waals surface area contributed by atoms with E-state index in [9.17, 15) is 0 Å². The molecule has 0 aromatic carbocycles. The Hall–Kier alpha value is -0.200. The van der Waals surface area contributed by atoms with Crippen molar-refractivity contribution in [3.05, 3.63) is 0 Å². The summed E-state index contributed by atoms with van der Waals surface area (Å²) in [5.41, 5.74) is 5.28. The first-order valence-electron chi connectivity index (χ1n) is 7.05. The normalized spacial score (nSPS) is 11.0. The quantitative estimate of drug-likeness (QED) is 0.427. The van der Waals surface area contributed by atoms with Crippen molar-refractivity contribution in [2.24, 2.45) is 5.73 Å².